The number of rotatable bonds is 1. The molecule has 0 radical (unpaired) electrons. The second-order valence-electron chi connectivity index (χ2n) is 4.20. The first-order chi connectivity index (χ1) is 6.70. The maximum absolute atomic E-state index is 14.2. The van der Waals surface area contributed by atoms with E-state index in [2.05, 4.69) is 5.32 Å². The third-order valence-corrected chi connectivity index (χ3v) is 3.07. The van der Waals surface area contributed by atoms with E-state index >= 15 is 0 Å². The molecule has 2 atom stereocenters. The van der Waals surface area contributed by atoms with Crippen molar-refractivity contribution in [3.05, 3.63) is 35.9 Å². The Morgan fingerprint density at radius 1 is 1.36 bits per heavy atom. The van der Waals surface area contributed by atoms with Gasteiger partial charge in [0.05, 0.1) is 0 Å². The summed E-state index contributed by atoms with van der Waals surface area (Å²) >= 11 is 0. The molecule has 2 rings (SSSR count). The molecule has 0 aliphatic carbocycles. The molecular weight excluding hydrogens is 177 g/mol. The molecule has 1 nitrogen and oxygen atoms in total. The van der Waals surface area contributed by atoms with Gasteiger partial charge in [0.1, 0.15) is 5.67 Å². The molecule has 0 saturated carbocycles. The van der Waals surface area contributed by atoms with Crippen molar-refractivity contribution < 1.29 is 4.39 Å². The van der Waals surface area contributed by atoms with E-state index in [1.165, 1.54) is 0 Å². The Kier molecular flexibility index (Phi) is 2.55. The zero-order chi connectivity index (χ0) is 10.0. The number of nitrogens with one attached hydrogen (secondary N) is 1. The van der Waals surface area contributed by atoms with Crippen molar-refractivity contribution in [1.82, 2.24) is 5.32 Å². The van der Waals surface area contributed by atoms with Crippen molar-refractivity contribution in [2.75, 3.05) is 13.1 Å². The van der Waals surface area contributed by atoms with Crippen molar-refractivity contribution in [3.63, 3.8) is 0 Å². The van der Waals surface area contributed by atoms with Gasteiger partial charge < -0.3 is 5.32 Å². The van der Waals surface area contributed by atoms with Gasteiger partial charge in [0, 0.05) is 12.5 Å². The minimum atomic E-state index is -1.06. The molecule has 2 heteroatoms. The Labute approximate surface area is 84.3 Å². The lowest BCUT2D eigenvalue weighted by molar-refractivity contribution is 0.110. The lowest BCUT2D eigenvalue weighted by Gasteiger charge is -2.35. The number of alkyl halides is 1. The molecule has 1 fully saturated rings. The van der Waals surface area contributed by atoms with Gasteiger partial charge in [0.25, 0.3) is 0 Å². The first-order valence-corrected chi connectivity index (χ1v) is 5.15. The quantitative estimate of drug-likeness (QED) is 0.722. The molecule has 1 aromatic rings. The summed E-state index contributed by atoms with van der Waals surface area (Å²) in [4.78, 5) is 0. The molecule has 1 aliphatic rings. The predicted molar refractivity (Wildman–Crippen MR) is 56.2 cm³/mol. The van der Waals surface area contributed by atoms with Crippen LogP contribution in [0.4, 0.5) is 4.39 Å². The molecule has 1 N–H and O–H groups in total. The summed E-state index contributed by atoms with van der Waals surface area (Å²) in [5.74, 6) is -0.00236. The van der Waals surface area contributed by atoms with Crippen molar-refractivity contribution in [3.8, 4) is 0 Å². The topological polar surface area (TPSA) is 12.0 Å². The van der Waals surface area contributed by atoms with Gasteiger partial charge in [-0.2, -0.15) is 0 Å². The number of halogens is 1. The largest absolute Gasteiger partial charge is 0.316 e. The molecule has 76 valence electrons. The molecule has 2 unspecified atom stereocenters. The highest BCUT2D eigenvalue weighted by molar-refractivity contribution is 5.24. The van der Waals surface area contributed by atoms with E-state index in [1.807, 2.05) is 30.3 Å². The van der Waals surface area contributed by atoms with Crippen LogP contribution in [0.15, 0.2) is 30.3 Å². The smallest absolute Gasteiger partial charge is 0.117 e. The fourth-order valence-electron chi connectivity index (χ4n) is 2.12. The minimum absolute atomic E-state index is 0.00236. The summed E-state index contributed by atoms with van der Waals surface area (Å²) in [7, 11) is 0. The Hall–Kier alpha value is -0.890. The normalized spacial score (nSPS) is 32.9. The van der Waals surface area contributed by atoms with Gasteiger partial charge in [0.15, 0.2) is 0 Å². The van der Waals surface area contributed by atoms with Crippen LogP contribution in [-0.2, 0) is 0 Å². The highest BCUT2D eigenvalue weighted by atomic mass is 19.1. The molecule has 0 amide bonds. The number of hydrogen-bond donors (Lipinski definition) is 1. The van der Waals surface area contributed by atoms with Gasteiger partial charge in [0.2, 0.25) is 0 Å². The van der Waals surface area contributed by atoms with E-state index in [0.29, 0.717) is 6.42 Å². The van der Waals surface area contributed by atoms with Crippen LogP contribution in [-0.4, -0.2) is 18.8 Å². The number of benzene rings is 1. The molecule has 1 heterocycles. The number of piperidine rings is 1. The summed E-state index contributed by atoms with van der Waals surface area (Å²) < 4.78 is 14.2. The molecule has 1 saturated heterocycles. The van der Waals surface area contributed by atoms with Gasteiger partial charge in [-0.05, 0) is 25.5 Å². The van der Waals surface area contributed by atoms with E-state index in [9.17, 15) is 4.39 Å². The van der Waals surface area contributed by atoms with Crippen molar-refractivity contribution in [2.45, 2.75) is 24.9 Å². The molecule has 14 heavy (non-hydrogen) atoms. The minimum Gasteiger partial charge on any atom is -0.316 e. The van der Waals surface area contributed by atoms with E-state index in [0.717, 1.165) is 18.7 Å². The third-order valence-electron chi connectivity index (χ3n) is 3.07. The third kappa shape index (κ3) is 1.80. The highest BCUT2D eigenvalue weighted by Crippen LogP contribution is 2.35. The average molecular weight is 193 g/mol. The molecular formula is C12H16FN. The van der Waals surface area contributed by atoms with Crippen molar-refractivity contribution in [1.29, 1.82) is 0 Å². The molecule has 1 aliphatic heterocycles. The SMILES string of the molecule is CC1(F)CCNCC1c1ccccc1. The maximum Gasteiger partial charge on any atom is 0.117 e. The van der Waals surface area contributed by atoms with Crippen LogP contribution in [0, 0.1) is 0 Å². The lowest BCUT2D eigenvalue weighted by atomic mass is 9.80. The first kappa shape index (κ1) is 9.66. The van der Waals surface area contributed by atoms with Gasteiger partial charge in [-0.1, -0.05) is 30.3 Å². The summed E-state index contributed by atoms with van der Waals surface area (Å²) in [5, 5.41) is 3.25. The van der Waals surface area contributed by atoms with Crippen LogP contribution in [0.1, 0.15) is 24.8 Å². The monoisotopic (exact) mass is 193 g/mol. The molecule has 1 aromatic carbocycles. The van der Waals surface area contributed by atoms with E-state index in [1.54, 1.807) is 6.92 Å². The van der Waals surface area contributed by atoms with Crippen LogP contribution in [0.3, 0.4) is 0 Å². The van der Waals surface area contributed by atoms with Gasteiger partial charge in [-0.15, -0.1) is 0 Å². The zero-order valence-corrected chi connectivity index (χ0v) is 8.46. The van der Waals surface area contributed by atoms with Crippen LogP contribution >= 0.6 is 0 Å². The van der Waals surface area contributed by atoms with E-state index in [4.69, 9.17) is 0 Å². The summed E-state index contributed by atoms with van der Waals surface area (Å²) in [6, 6.07) is 9.93. The maximum atomic E-state index is 14.2. The Bertz CT molecular complexity index is 294. The van der Waals surface area contributed by atoms with Crippen LogP contribution in [0.5, 0.6) is 0 Å². The second kappa shape index (κ2) is 3.70. The van der Waals surface area contributed by atoms with Crippen LogP contribution in [0.2, 0.25) is 0 Å². The van der Waals surface area contributed by atoms with Crippen LogP contribution < -0.4 is 5.32 Å². The Morgan fingerprint density at radius 3 is 2.71 bits per heavy atom. The Balaban J connectivity index is 2.24. The fourth-order valence-corrected chi connectivity index (χ4v) is 2.12. The molecule has 0 aromatic heterocycles. The van der Waals surface area contributed by atoms with E-state index < -0.39 is 5.67 Å². The predicted octanol–water partition coefficient (Wildman–Crippen LogP) is 2.49. The van der Waals surface area contributed by atoms with Crippen molar-refractivity contribution >= 4 is 0 Å². The van der Waals surface area contributed by atoms with E-state index in [-0.39, 0.29) is 5.92 Å². The Morgan fingerprint density at radius 2 is 2.07 bits per heavy atom. The molecule has 0 bridgehead atoms. The zero-order valence-electron chi connectivity index (χ0n) is 8.46. The fraction of sp³-hybridized carbons (Fsp3) is 0.500. The summed E-state index contributed by atoms with van der Waals surface area (Å²) in [6.45, 7) is 3.25. The van der Waals surface area contributed by atoms with Crippen molar-refractivity contribution in [2.24, 2.45) is 0 Å². The standard InChI is InChI=1S/C12H16FN/c1-12(13)7-8-14-9-11(12)10-5-3-2-4-6-10/h2-6,11,14H,7-9H2,1H3. The summed E-state index contributed by atoms with van der Waals surface area (Å²) in [5.41, 5.74) is 0.0387. The summed E-state index contributed by atoms with van der Waals surface area (Å²) in [6.07, 6.45) is 0.604. The number of hydrogen-bond acceptors (Lipinski definition) is 1. The van der Waals surface area contributed by atoms with Gasteiger partial charge in [-0.3, -0.25) is 0 Å². The second-order valence-corrected chi connectivity index (χ2v) is 4.20. The van der Waals surface area contributed by atoms with Gasteiger partial charge >= 0.3 is 0 Å². The van der Waals surface area contributed by atoms with Gasteiger partial charge in [-0.25, -0.2) is 4.39 Å². The molecule has 0 spiro atoms. The average Bonchev–Trinajstić information content (AvgIpc) is 2.18. The lowest BCUT2D eigenvalue weighted by Crippen LogP contribution is -2.43. The highest BCUT2D eigenvalue weighted by Gasteiger charge is 2.37. The first-order valence-electron chi connectivity index (χ1n) is 5.15. The van der Waals surface area contributed by atoms with Crippen LogP contribution in [0.25, 0.3) is 0 Å².